The molecule has 3 aromatic rings. The Kier molecular flexibility index (Phi) is 8.58. The van der Waals surface area contributed by atoms with Crippen molar-refractivity contribution in [2.24, 2.45) is 0 Å². The van der Waals surface area contributed by atoms with E-state index in [0.717, 1.165) is 15.4 Å². The quantitative estimate of drug-likeness (QED) is 0.267. The summed E-state index contributed by atoms with van der Waals surface area (Å²) < 4.78 is 31.2. The average Bonchev–Trinajstić information content (AvgIpc) is 2.84. The number of aryl methyl sites for hydroxylation is 1. The van der Waals surface area contributed by atoms with E-state index in [-0.39, 0.29) is 17.9 Å². The number of hydrogen-bond acceptors (Lipinski definition) is 6. The van der Waals surface area contributed by atoms with E-state index >= 15 is 0 Å². The molecule has 0 aliphatic heterocycles. The molecule has 3 rings (SSSR count). The Balaban J connectivity index is 1.83. The number of nitrogens with zero attached hydrogens (tertiary/aromatic N) is 2. The number of carbonyl (C=O) groups excluding carboxylic acids is 2. The SMILES string of the molecule is Cc1ccc(N(C(Cc2ccc(Oc3cccc(C(=O)NO)c3)cc2)C(=O)N(C)C)S(=O)[O-])cc1. The second-order valence-electron chi connectivity index (χ2n) is 8.05. The Labute approximate surface area is 206 Å². The fourth-order valence-electron chi connectivity index (χ4n) is 3.45. The molecule has 10 heteroatoms. The summed E-state index contributed by atoms with van der Waals surface area (Å²) in [5, 5.41) is 8.79. The number of anilines is 1. The van der Waals surface area contributed by atoms with Gasteiger partial charge >= 0.3 is 0 Å². The average molecular weight is 497 g/mol. The molecule has 0 heterocycles. The minimum Gasteiger partial charge on any atom is -0.755 e. The van der Waals surface area contributed by atoms with Crippen LogP contribution in [0.25, 0.3) is 0 Å². The molecule has 35 heavy (non-hydrogen) atoms. The zero-order valence-electron chi connectivity index (χ0n) is 19.5. The molecular weight excluding hydrogens is 470 g/mol. The molecule has 9 nitrogen and oxygen atoms in total. The molecule has 0 saturated carbocycles. The van der Waals surface area contributed by atoms with Crippen LogP contribution in [-0.2, 0) is 22.5 Å². The number of hydroxylamine groups is 1. The van der Waals surface area contributed by atoms with Crippen LogP contribution in [0, 0.1) is 6.92 Å². The molecule has 0 fully saturated rings. The van der Waals surface area contributed by atoms with E-state index < -0.39 is 23.2 Å². The molecule has 0 aromatic heterocycles. The van der Waals surface area contributed by atoms with Crippen molar-refractivity contribution in [3.63, 3.8) is 0 Å². The van der Waals surface area contributed by atoms with Gasteiger partial charge < -0.3 is 14.2 Å². The molecule has 184 valence electrons. The Morgan fingerprint density at radius 1 is 1.03 bits per heavy atom. The van der Waals surface area contributed by atoms with Crippen molar-refractivity contribution in [3.05, 3.63) is 89.5 Å². The molecule has 2 unspecified atom stereocenters. The number of ether oxygens (including phenoxy) is 1. The maximum atomic E-state index is 13.0. The van der Waals surface area contributed by atoms with E-state index in [1.165, 1.54) is 17.0 Å². The third kappa shape index (κ3) is 6.66. The molecular formula is C25H26N3O6S-. The van der Waals surface area contributed by atoms with E-state index in [0.29, 0.717) is 17.2 Å². The van der Waals surface area contributed by atoms with Gasteiger partial charge in [-0.25, -0.2) is 5.48 Å². The summed E-state index contributed by atoms with van der Waals surface area (Å²) in [5.41, 5.74) is 3.90. The van der Waals surface area contributed by atoms with Crippen molar-refractivity contribution in [1.29, 1.82) is 0 Å². The third-order valence-corrected chi connectivity index (χ3v) is 6.03. The Morgan fingerprint density at radius 3 is 2.26 bits per heavy atom. The minimum atomic E-state index is -2.68. The molecule has 2 atom stereocenters. The Hall–Kier alpha value is -3.73. The van der Waals surface area contributed by atoms with Crippen molar-refractivity contribution in [1.82, 2.24) is 10.4 Å². The predicted octanol–water partition coefficient (Wildman–Crippen LogP) is 3.21. The van der Waals surface area contributed by atoms with Crippen LogP contribution in [0.1, 0.15) is 21.5 Å². The van der Waals surface area contributed by atoms with Gasteiger partial charge in [-0.3, -0.25) is 23.3 Å². The molecule has 0 spiro atoms. The Morgan fingerprint density at radius 2 is 1.69 bits per heavy atom. The highest BCUT2D eigenvalue weighted by molar-refractivity contribution is 7.80. The molecule has 2 amide bonds. The first-order valence-corrected chi connectivity index (χ1v) is 11.7. The monoisotopic (exact) mass is 496 g/mol. The van der Waals surface area contributed by atoms with Gasteiger partial charge in [-0.2, -0.15) is 0 Å². The first kappa shape index (κ1) is 25.9. The summed E-state index contributed by atoms with van der Waals surface area (Å²) in [5.74, 6) is -0.134. The lowest BCUT2D eigenvalue weighted by Crippen LogP contribution is -2.48. The molecule has 0 aliphatic carbocycles. The summed E-state index contributed by atoms with van der Waals surface area (Å²) in [6.45, 7) is 1.89. The van der Waals surface area contributed by atoms with Crippen molar-refractivity contribution in [2.45, 2.75) is 19.4 Å². The van der Waals surface area contributed by atoms with Crippen LogP contribution in [0.15, 0.2) is 72.8 Å². The number of hydrogen-bond donors (Lipinski definition) is 2. The fourth-order valence-corrected chi connectivity index (χ4v) is 4.11. The third-order valence-electron chi connectivity index (χ3n) is 5.24. The summed E-state index contributed by atoms with van der Waals surface area (Å²) in [7, 11) is 3.16. The van der Waals surface area contributed by atoms with Gasteiger partial charge in [-0.15, -0.1) is 0 Å². The summed E-state index contributed by atoms with van der Waals surface area (Å²) in [6.07, 6.45) is 0.144. The standard InChI is InChI=1S/C25H27N3O6S/c1-17-7-11-20(12-8-17)28(35(32)33)23(25(30)27(2)3)15-18-9-13-21(14-10-18)34-22-6-4-5-19(16-22)24(29)26-31/h4-14,16,23,31H,15H2,1-3H3,(H,26,29)(H,32,33)/p-1. The topological polar surface area (TPSA) is 122 Å². The Bertz CT molecular complexity index is 1200. The van der Waals surface area contributed by atoms with Crippen molar-refractivity contribution in [2.75, 3.05) is 18.4 Å². The molecule has 0 radical (unpaired) electrons. The molecule has 0 saturated heterocycles. The maximum Gasteiger partial charge on any atom is 0.274 e. The second-order valence-corrected chi connectivity index (χ2v) is 8.87. The van der Waals surface area contributed by atoms with Gasteiger partial charge in [0.05, 0.1) is 0 Å². The van der Waals surface area contributed by atoms with Gasteiger partial charge in [0.1, 0.15) is 17.5 Å². The number of likely N-dealkylation sites (N-methyl/N-ethyl adjacent to an activating group) is 1. The fraction of sp³-hybridized carbons (Fsp3) is 0.200. The lowest BCUT2D eigenvalue weighted by molar-refractivity contribution is -0.129. The highest BCUT2D eigenvalue weighted by atomic mass is 32.2. The van der Waals surface area contributed by atoms with Crippen LogP contribution >= 0.6 is 0 Å². The van der Waals surface area contributed by atoms with Crippen LogP contribution in [0.5, 0.6) is 11.5 Å². The highest BCUT2D eigenvalue weighted by Crippen LogP contribution is 2.26. The zero-order chi connectivity index (χ0) is 25.5. The van der Waals surface area contributed by atoms with Crippen molar-refractivity contribution in [3.8, 4) is 11.5 Å². The van der Waals surface area contributed by atoms with E-state index in [1.807, 2.05) is 6.92 Å². The summed E-state index contributed by atoms with van der Waals surface area (Å²) in [4.78, 5) is 26.0. The van der Waals surface area contributed by atoms with Crippen molar-refractivity contribution >= 4 is 28.8 Å². The first-order chi connectivity index (χ1) is 16.7. The number of rotatable bonds is 9. The van der Waals surface area contributed by atoms with E-state index in [4.69, 9.17) is 9.94 Å². The van der Waals surface area contributed by atoms with Gasteiger partial charge in [0.2, 0.25) is 5.91 Å². The largest absolute Gasteiger partial charge is 0.755 e. The normalized spacial score (nSPS) is 12.4. The molecule has 2 N–H and O–H groups in total. The van der Waals surface area contributed by atoms with Crippen LogP contribution in [0.3, 0.4) is 0 Å². The summed E-state index contributed by atoms with van der Waals surface area (Å²) in [6, 6.07) is 19.1. The molecule has 0 bridgehead atoms. The number of benzene rings is 3. The van der Waals surface area contributed by atoms with Crippen LogP contribution in [0.4, 0.5) is 5.69 Å². The van der Waals surface area contributed by atoms with E-state index in [9.17, 15) is 18.4 Å². The van der Waals surface area contributed by atoms with Gasteiger partial charge in [0.25, 0.3) is 5.91 Å². The first-order valence-electron chi connectivity index (χ1n) is 10.7. The molecule has 3 aromatic carbocycles. The smallest absolute Gasteiger partial charge is 0.274 e. The molecule has 0 aliphatic rings. The minimum absolute atomic E-state index is 0.144. The van der Waals surface area contributed by atoms with E-state index in [1.54, 1.807) is 80.2 Å². The van der Waals surface area contributed by atoms with Gasteiger partial charge in [-0.1, -0.05) is 35.9 Å². The lowest BCUT2D eigenvalue weighted by Gasteiger charge is -2.35. The van der Waals surface area contributed by atoms with Crippen LogP contribution in [0.2, 0.25) is 0 Å². The number of nitrogens with one attached hydrogen (secondary N) is 1. The predicted molar refractivity (Wildman–Crippen MR) is 131 cm³/mol. The second kappa shape index (κ2) is 11.6. The van der Waals surface area contributed by atoms with Crippen LogP contribution < -0.4 is 14.5 Å². The van der Waals surface area contributed by atoms with Crippen molar-refractivity contribution < 1.29 is 28.3 Å². The lowest BCUT2D eigenvalue weighted by atomic mass is 10.0. The van der Waals surface area contributed by atoms with Gasteiger partial charge in [-0.05, 0) is 55.0 Å². The number of amides is 2. The summed E-state index contributed by atoms with van der Waals surface area (Å²) >= 11 is -2.68. The number of carbonyl (C=O) groups is 2. The van der Waals surface area contributed by atoms with Gasteiger partial charge in [0, 0.05) is 43.0 Å². The highest BCUT2D eigenvalue weighted by Gasteiger charge is 2.29. The van der Waals surface area contributed by atoms with Crippen LogP contribution in [-0.4, -0.2) is 50.8 Å². The maximum absolute atomic E-state index is 13.0. The van der Waals surface area contributed by atoms with E-state index in [2.05, 4.69) is 0 Å². The van der Waals surface area contributed by atoms with Gasteiger partial charge in [0.15, 0.2) is 0 Å². The zero-order valence-corrected chi connectivity index (χ0v) is 20.3.